The molecule has 1 N–H and O–H groups in total. The van der Waals surface area contributed by atoms with Crippen molar-refractivity contribution in [3.63, 3.8) is 0 Å². The van der Waals surface area contributed by atoms with Crippen LogP contribution in [-0.4, -0.2) is 12.5 Å². The Kier molecular flexibility index (Phi) is 5.47. The van der Waals surface area contributed by atoms with Crippen LogP contribution in [0.3, 0.4) is 0 Å². The number of amides is 1. The molecule has 2 aromatic carbocycles. The Labute approximate surface area is 139 Å². The number of para-hydroxylation sites is 1. The molecule has 0 aliphatic heterocycles. The van der Waals surface area contributed by atoms with E-state index in [-0.39, 0.29) is 5.91 Å². The molecule has 2 rings (SSSR count). The van der Waals surface area contributed by atoms with E-state index in [2.05, 4.69) is 11.9 Å². The average molecular weight is 336 g/mol. The van der Waals surface area contributed by atoms with E-state index in [1.54, 1.807) is 42.5 Å². The lowest BCUT2D eigenvalue weighted by Crippen LogP contribution is -2.14. The molecule has 0 atom stereocenters. The number of halogens is 2. The topological polar surface area (TPSA) is 38.3 Å². The fraction of sp³-hybridized carbons (Fsp3) is 0.118. The van der Waals surface area contributed by atoms with Gasteiger partial charge in [-0.25, -0.2) is 0 Å². The molecule has 5 heteroatoms. The highest BCUT2D eigenvalue weighted by molar-refractivity contribution is 6.35. The summed E-state index contributed by atoms with van der Waals surface area (Å²) >= 11 is 12.0. The molecule has 2 aromatic rings. The first-order chi connectivity index (χ1) is 10.5. The largest absolute Gasteiger partial charge is 0.488 e. The maximum atomic E-state index is 12.4. The van der Waals surface area contributed by atoms with Crippen LogP contribution >= 0.6 is 23.2 Å². The summed E-state index contributed by atoms with van der Waals surface area (Å²) in [6.07, 6.45) is 0. The monoisotopic (exact) mass is 335 g/mol. The predicted molar refractivity (Wildman–Crippen MR) is 91.2 cm³/mol. The summed E-state index contributed by atoms with van der Waals surface area (Å²) < 4.78 is 5.59. The van der Waals surface area contributed by atoms with Gasteiger partial charge in [0.15, 0.2) is 0 Å². The van der Waals surface area contributed by atoms with Crippen LogP contribution in [0.1, 0.15) is 17.3 Å². The SMILES string of the molecule is C=C(C)COc1ccccc1C(=O)Nc1cc(Cl)ccc1Cl. The molecule has 0 unspecified atom stereocenters. The molecule has 22 heavy (non-hydrogen) atoms. The molecule has 114 valence electrons. The van der Waals surface area contributed by atoms with Crippen molar-refractivity contribution < 1.29 is 9.53 Å². The fourth-order valence-electron chi connectivity index (χ4n) is 1.76. The summed E-state index contributed by atoms with van der Waals surface area (Å²) in [6.45, 7) is 5.98. The van der Waals surface area contributed by atoms with Gasteiger partial charge in [0.1, 0.15) is 12.4 Å². The molecule has 0 saturated heterocycles. The molecule has 0 heterocycles. The van der Waals surface area contributed by atoms with Crippen LogP contribution in [0, 0.1) is 0 Å². The Morgan fingerprint density at radius 3 is 2.68 bits per heavy atom. The van der Waals surface area contributed by atoms with E-state index in [4.69, 9.17) is 27.9 Å². The Morgan fingerprint density at radius 1 is 1.23 bits per heavy atom. The number of hydrogen-bond acceptors (Lipinski definition) is 2. The van der Waals surface area contributed by atoms with Crippen LogP contribution in [-0.2, 0) is 0 Å². The Hall–Kier alpha value is -1.97. The van der Waals surface area contributed by atoms with Crippen molar-refractivity contribution in [1.29, 1.82) is 0 Å². The molecule has 0 aromatic heterocycles. The average Bonchev–Trinajstić information content (AvgIpc) is 2.49. The first-order valence-corrected chi connectivity index (χ1v) is 7.35. The van der Waals surface area contributed by atoms with Crippen molar-refractivity contribution in [3.8, 4) is 5.75 Å². The minimum atomic E-state index is -0.318. The zero-order valence-corrected chi connectivity index (χ0v) is 13.5. The van der Waals surface area contributed by atoms with Crippen molar-refractivity contribution in [2.45, 2.75) is 6.92 Å². The maximum Gasteiger partial charge on any atom is 0.259 e. The minimum absolute atomic E-state index is 0.318. The van der Waals surface area contributed by atoms with Crippen LogP contribution in [0.15, 0.2) is 54.6 Å². The first-order valence-electron chi connectivity index (χ1n) is 6.60. The summed E-state index contributed by atoms with van der Waals surface area (Å²) in [5.41, 5.74) is 1.74. The quantitative estimate of drug-likeness (QED) is 0.762. The van der Waals surface area contributed by atoms with E-state index in [1.807, 2.05) is 6.92 Å². The Bertz CT molecular complexity index is 714. The molecule has 0 fully saturated rings. The van der Waals surface area contributed by atoms with Gasteiger partial charge in [0.25, 0.3) is 5.91 Å². The van der Waals surface area contributed by atoms with Crippen molar-refractivity contribution >= 4 is 34.8 Å². The second-order valence-electron chi connectivity index (χ2n) is 4.82. The van der Waals surface area contributed by atoms with Crippen LogP contribution in [0.2, 0.25) is 10.0 Å². The van der Waals surface area contributed by atoms with E-state index >= 15 is 0 Å². The first kappa shape index (κ1) is 16.4. The minimum Gasteiger partial charge on any atom is -0.488 e. The molecule has 3 nitrogen and oxygen atoms in total. The van der Waals surface area contributed by atoms with Crippen molar-refractivity contribution in [2.24, 2.45) is 0 Å². The number of rotatable bonds is 5. The smallest absolute Gasteiger partial charge is 0.259 e. The van der Waals surface area contributed by atoms with Gasteiger partial charge < -0.3 is 10.1 Å². The lowest BCUT2D eigenvalue weighted by Gasteiger charge is -2.12. The number of anilines is 1. The van der Waals surface area contributed by atoms with Crippen LogP contribution in [0.25, 0.3) is 0 Å². The summed E-state index contributed by atoms with van der Waals surface area (Å²) in [5, 5.41) is 3.64. The van der Waals surface area contributed by atoms with Crippen molar-refractivity contribution in [2.75, 3.05) is 11.9 Å². The third kappa shape index (κ3) is 4.26. The summed E-state index contributed by atoms with van der Waals surface area (Å²) in [4.78, 5) is 12.4. The van der Waals surface area contributed by atoms with Crippen molar-refractivity contribution in [3.05, 3.63) is 70.2 Å². The fourth-order valence-corrected chi connectivity index (χ4v) is 2.10. The highest BCUT2D eigenvalue weighted by Crippen LogP contribution is 2.27. The predicted octanol–water partition coefficient (Wildman–Crippen LogP) is 5.20. The van der Waals surface area contributed by atoms with E-state index in [0.717, 1.165) is 5.57 Å². The highest BCUT2D eigenvalue weighted by atomic mass is 35.5. The molecule has 0 saturated carbocycles. The van der Waals surface area contributed by atoms with Gasteiger partial charge in [0.05, 0.1) is 16.3 Å². The molecule has 0 radical (unpaired) electrons. The standard InChI is InChI=1S/C17H15Cl2NO2/c1-11(2)10-22-16-6-4-3-5-13(16)17(21)20-15-9-12(18)7-8-14(15)19/h3-9H,1,10H2,2H3,(H,20,21). The van der Waals surface area contributed by atoms with Gasteiger partial charge in [0, 0.05) is 5.02 Å². The molecule has 0 bridgehead atoms. The number of carbonyl (C=O) groups excluding carboxylic acids is 1. The van der Waals surface area contributed by atoms with E-state index < -0.39 is 0 Å². The number of hydrogen-bond donors (Lipinski definition) is 1. The van der Waals surface area contributed by atoms with Gasteiger partial charge in [-0.05, 0) is 42.8 Å². The highest BCUT2D eigenvalue weighted by Gasteiger charge is 2.14. The summed E-state index contributed by atoms with van der Waals surface area (Å²) in [6, 6.07) is 11.9. The zero-order valence-electron chi connectivity index (χ0n) is 12.0. The van der Waals surface area contributed by atoms with Gasteiger partial charge in [-0.15, -0.1) is 0 Å². The molecular weight excluding hydrogens is 321 g/mol. The zero-order chi connectivity index (χ0) is 16.1. The Balaban J connectivity index is 2.22. The second kappa shape index (κ2) is 7.34. The second-order valence-corrected chi connectivity index (χ2v) is 5.66. The molecule has 0 spiro atoms. The van der Waals surface area contributed by atoms with E-state index in [9.17, 15) is 4.79 Å². The number of ether oxygens (including phenoxy) is 1. The molecular formula is C17H15Cl2NO2. The van der Waals surface area contributed by atoms with Crippen LogP contribution in [0.4, 0.5) is 5.69 Å². The van der Waals surface area contributed by atoms with Crippen LogP contribution in [0.5, 0.6) is 5.75 Å². The number of nitrogens with one attached hydrogen (secondary N) is 1. The Morgan fingerprint density at radius 2 is 1.95 bits per heavy atom. The number of benzene rings is 2. The maximum absolute atomic E-state index is 12.4. The van der Waals surface area contributed by atoms with Gasteiger partial charge in [-0.3, -0.25) is 4.79 Å². The molecule has 0 aliphatic carbocycles. The van der Waals surface area contributed by atoms with Crippen LogP contribution < -0.4 is 10.1 Å². The van der Waals surface area contributed by atoms with Gasteiger partial charge >= 0.3 is 0 Å². The third-order valence-electron chi connectivity index (χ3n) is 2.78. The lowest BCUT2D eigenvalue weighted by molar-refractivity contribution is 0.102. The molecule has 0 aliphatic rings. The normalized spacial score (nSPS) is 10.1. The summed E-state index contributed by atoms with van der Waals surface area (Å²) in [7, 11) is 0. The van der Waals surface area contributed by atoms with E-state index in [0.29, 0.717) is 33.7 Å². The van der Waals surface area contributed by atoms with Gasteiger partial charge in [0.2, 0.25) is 0 Å². The molecule has 1 amide bonds. The lowest BCUT2D eigenvalue weighted by atomic mass is 10.2. The number of carbonyl (C=O) groups is 1. The van der Waals surface area contributed by atoms with Crippen molar-refractivity contribution in [1.82, 2.24) is 0 Å². The van der Waals surface area contributed by atoms with Gasteiger partial charge in [-0.2, -0.15) is 0 Å². The third-order valence-corrected chi connectivity index (χ3v) is 3.35. The van der Waals surface area contributed by atoms with E-state index in [1.165, 1.54) is 0 Å². The van der Waals surface area contributed by atoms with Gasteiger partial charge in [-0.1, -0.05) is 41.9 Å². The summed E-state index contributed by atoms with van der Waals surface area (Å²) in [5.74, 6) is 0.169.